The van der Waals surface area contributed by atoms with E-state index in [1.54, 1.807) is 0 Å². The van der Waals surface area contributed by atoms with Crippen molar-refractivity contribution in [2.24, 2.45) is 11.7 Å². The van der Waals surface area contributed by atoms with Crippen LogP contribution in [0.4, 0.5) is 10.1 Å². The standard InChI is InChI=1S/C15H21ClFN3O/c1-10-2-3-11(7-18)8-20(10)9-15(21)19-12-4-5-14(17)13(16)6-12/h4-6,10-11H,2-3,7-9,18H2,1H3,(H,19,21). The highest BCUT2D eigenvalue weighted by Gasteiger charge is 2.26. The molecular weight excluding hydrogens is 293 g/mol. The van der Waals surface area contributed by atoms with Gasteiger partial charge in [-0.2, -0.15) is 0 Å². The molecule has 2 rings (SSSR count). The SMILES string of the molecule is CC1CCC(CN)CN1CC(=O)Nc1ccc(F)c(Cl)c1. The average molecular weight is 314 g/mol. The summed E-state index contributed by atoms with van der Waals surface area (Å²) >= 11 is 5.70. The van der Waals surface area contributed by atoms with Crippen molar-refractivity contribution in [3.8, 4) is 0 Å². The number of benzene rings is 1. The van der Waals surface area contributed by atoms with Crippen LogP contribution in [-0.4, -0.2) is 36.5 Å². The molecule has 6 heteroatoms. The van der Waals surface area contributed by atoms with Crippen molar-refractivity contribution in [2.75, 3.05) is 25.0 Å². The van der Waals surface area contributed by atoms with Crippen molar-refractivity contribution in [2.45, 2.75) is 25.8 Å². The molecule has 4 nitrogen and oxygen atoms in total. The first-order chi connectivity index (χ1) is 9.99. The van der Waals surface area contributed by atoms with Gasteiger partial charge in [-0.1, -0.05) is 11.6 Å². The van der Waals surface area contributed by atoms with Gasteiger partial charge in [-0.25, -0.2) is 4.39 Å². The van der Waals surface area contributed by atoms with Gasteiger partial charge in [0.2, 0.25) is 5.91 Å². The van der Waals surface area contributed by atoms with Gasteiger partial charge in [0.25, 0.3) is 0 Å². The van der Waals surface area contributed by atoms with Gasteiger partial charge < -0.3 is 11.1 Å². The molecule has 1 amide bonds. The average Bonchev–Trinajstić information content (AvgIpc) is 2.45. The van der Waals surface area contributed by atoms with Crippen molar-refractivity contribution in [1.82, 2.24) is 4.90 Å². The molecule has 0 saturated carbocycles. The summed E-state index contributed by atoms with van der Waals surface area (Å²) in [5, 5.41) is 2.75. The predicted molar refractivity (Wildman–Crippen MR) is 82.9 cm³/mol. The Bertz CT molecular complexity index is 512. The molecule has 1 aromatic rings. The van der Waals surface area contributed by atoms with Crippen molar-refractivity contribution in [3.63, 3.8) is 0 Å². The zero-order chi connectivity index (χ0) is 15.4. The molecule has 0 bridgehead atoms. The van der Waals surface area contributed by atoms with Crippen LogP contribution in [-0.2, 0) is 4.79 Å². The van der Waals surface area contributed by atoms with Crippen LogP contribution in [0.15, 0.2) is 18.2 Å². The number of anilines is 1. The van der Waals surface area contributed by atoms with E-state index < -0.39 is 5.82 Å². The number of amides is 1. The fourth-order valence-electron chi connectivity index (χ4n) is 2.63. The van der Waals surface area contributed by atoms with Crippen LogP contribution in [0.3, 0.4) is 0 Å². The third kappa shape index (κ3) is 4.40. The number of nitrogens with two attached hydrogens (primary N) is 1. The van der Waals surface area contributed by atoms with Crippen molar-refractivity contribution < 1.29 is 9.18 Å². The lowest BCUT2D eigenvalue weighted by Gasteiger charge is -2.37. The Labute approximate surface area is 129 Å². The number of nitrogens with one attached hydrogen (secondary N) is 1. The Hall–Kier alpha value is -1.17. The second kappa shape index (κ2) is 7.20. The maximum absolute atomic E-state index is 13.1. The minimum atomic E-state index is -0.495. The number of likely N-dealkylation sites (tertiary alicyclic amines) is 1. The van der Waals surface area contributed by atoms with E-state index in [1.165, 1.54) is 18.2 Å². The maximum atomic E-state index is 13.1. The molecule has 116 valence electrons. The van der Waals surface area contributed by atoms with E-state index in [0.29, 0.717) is 30.7 Å². The highest BCUT2D eigenvalue weighted by atomic mass is 35.5. The van der Waals surface area contributed by atoms with Gasteiger partial charge >= 0.3 is 0 Å². The topological polar surface area (TPSA) is 58.4 Å². The van der Waals surface area contributed by atoms with Crippen LogP contribution >= 0.6 is 11.6 Å². The Kier molecular flexibility index (Phi) is 5.56. The molecule has 1 aromatic carbocycles. The van der Waals surface area contributed by atoms with Crippen LogP contribution in [0, 0.1) is 11.7 Å². The van der Waals surface area contributed by atoms with Gasteiger partial charge in [-0.05, 0) is 50.4 Å². The van der Waals surface area contributed by atoms with Gasteiger partial charge in [-0.3, -0.25) is 9.69 Å². The second-order valence-corrected chi connectivity index (χ2v) is 6.04. The highest BCUT2D eigenvalue weighted by Crippen LogP contribution is 2.22. The zero-order valence-corrected chi connectivity index (χ0v) is 12.9. The molecular formula is C15H21ClFN3O. The lowest BCUT2D eigenvalue weighted by atomic mass is 9.93. The number of hydrogen-bond acceptors (Lipinski definition) is 3. The summed E-state index contributed by atoms with van der Waals surface area (Å²) in [5.74, 6) is -0.165. The van der Waals surface area contributed by atoms with Gasteiger partial charge in [0.1, 0.15) is 5.82 Å². The van der Waals surface area contributed by atoms with Crippen molar-refractivity contribution >= 4 is 23.2 Å². The Balaban J connectivity index is 1.92. The normalized spacial score (nSPS) is 23.0. The first-order valence-electron chi connectivity index (χ1n) is 7.18. The fourth-order valence-corrected chi connectivity index (χ4v) is 2.81. The van der Waals surface area contributed by atoms with Crippen molar-refractivity contribution in [3.05, 3.63) is 29.0 Å². The second-order valence-electron chi connectivity index (χ2n) is 5.63. The van der Waals surface area contributed by atoms with Gasteiger partial charge in [0.15, 0.2) is 0 Å². The smallest absolute Gasteiger partial charge is 0.238 e. The van der Waals surface area contributed by atoms with E-state index >= 15 is 0 Å². The molecule has 0 spiro atoms. The largest absolute Gasteiger partial charge is 0.330 e. The molecule has 2 atom stereocenters. The number of rotatable bonds is 4. The Morgan fingerprint density at radius 2 is 2.29 bits per heavy atom. The van der Waals surface area contributed by atoms with E-state index in [9.17, 15) is 9.18 Å². The summed E-state index contributed by atoms with van der Waals surface area (Å²) in [6.07, 6.45) is 2.17. The minimum Gasteiger partial charge on any atom is -0.330 e. The Morgan fingerprint density at radius 1 is 1.52 bits per heavy atom. The van der Waals surface area contributed by atoms with E-state index in [0.717, 1.165) is 19.4 Å². The molecule has 0 radical (unpaired) electrons. The number of hydrogen-bond donors (Lipinski definition) is 2. The fraction of sp³-hybridized carbons (Fsp3) is 0.533. The molecule has 1 aliphatic heterocycles. The summed E-state index contributed by atoms with van der Waals surface area (Å²) < 4.78 is 13.1. The summed E-state index contributed by atoms with van der Waals surface area (Å²) in [6.45, 7) is 3.93. The highest BCUT2D eigenvalue weighted by molar-refractivity contribution is 6.31. The first kappa shape index (κ1) is 16.2. The third-order valence-corrected chi connectivity index (χ3v) is 4.28. The van der Waals surface area contributed by atoms with E-state index in [4.69, 9.17) is 17.3 Å². The Morgan fingerprint density at radius 3 is 2.95 bits per heavy atom. The van der Waals surface area contributed by atoms with Crippen LogP contribution in [0.5, 0.6) is 0 Å². The van der Waals surface area contributed by atoms with Crippen LogP contribution in [0.2, 0.25) is 5.02 Å². The molecule has 2 unspecified atom stereocenters. The molecule has 1 aliphatic rings. The number of carbonyl (C=O) groups excluding carboxylic acids is 1. The molecule has 1 fully saturated rings. The lowest BCUT2D eigenvalue weighted by molar-refractivity contribution is -0.118. The first-order valence-corrected chi connectivity index (χ1v) is 7.56. The lowest BCUT2D eigenvalue weighted by Crippen LogP contribution is -2.47. The molecule has 0 aromatic heterocycles. The number of carbonyl (C=O) groups is 1. The van der Waals surface area contributed by atoms with Crippen LogP contribution in [0.1, 0.15) is 19.8 Å². The van der Waals surface area contributed by atoms with Crippen molar-refractivity contribution in [1.29, 1.82) is 0 Å². The molecule has 0 aliphatic carbocycles. The van der Waals surface area contributed by atoms with E-state index in [1.807, 2.05) is 0 Å². The minimum absolute atomic E-state index is 0.00216. The number of halogens is 2. The van der Waals surface area contributed by atoms with Crippen LogP contribution < -0.4 is 11.1 Å². The van der Waals surface area contributed by atoms with E-state index in [-0.39, 0.29) is 10.9 Å². The summed E-state index contributed by atoms with van der Waals surface area (Å²) in [7, 11) is 0. The summed E-state index contributed by atoms with van der Waals surface area (Å²) in [4.78, 5) is 14.2. The summed E-state index contributed by atoms with van der Waals surface area (Å²) in [5.41, 5.74) is 6.22. The van der Waals surface area contributed by atoms with Gasteiger partial charge in [0, 0.05) is 18.3 Å². The number of nitrogens with zero attached hydrogens (tertiary/aromatic N) is 1. The zero-order valence-electron chi connectivity index (χ0n) is 12.1. The maximum Gasteiger partial charge on any atom is 0.238 e. The number of piperidine rings is 1. The molecule has 1 saturated heterocycles. The van der Waals surface area contributed by atoms with Crippen LogP contribution in [0.25, 0.3) is 0 Å². The quantitative estimate of drug-likeness (QED) is 0.898. The molecule has 1 heterocycles. The molecule has 21 heavy (non-hydrogen) atoms. The predicted octanol–water partition coefficient (Wildman–Crippen LogP) is 2.48. The van der Waals surface area contributed by atoms with Gasteiger partial charge in [-0.15, -0.1) is 0 Å². The summed E-state index contributed by atoms with van der Waals surface area (Å²) in [6, 6.07) is 4.53. The van der Waals surface area contributed by atoms with E-state index in [2.05, 4.69) is 17.1 Å². The third-order valence-electron chi connectivity index (χ3n) is 3.99. The molecule has 3 N–H and O–H groups in total. The van der Waals surface area contributed by atoms with Gasteiger partial charge in [0.05, 0.1) is 11.6 Å². The monoisotopic (exact) mass is 313 g/mol.